The van der Waals surface area contributed by atoms with Crippen LogP contribution in [0.1, 0.15) is 0 Å². The minimum atomic E-state index is -1.07. The molecule has 0 aliphatic carbocycles. The number of carbonyl (C=O) groups is 1. The minimum Gasteiger partial charge on any atom is -0.388 e. The lowest BCUT2D eigenvalue weighted by Crippen LogP contribution is -2.46. The van der Waals surface area contributed by atoms with Gasteiger partial charge in [0.25, 0.3) is 5.91 Å². The maximum atomic E-state index is 10.9. The molecule has 11 heavy (non-hydrogen) atoms. The second-order valence-electron chi connectivity index (χ2n) is 2.82. The molecular formula is C6H9NO4. The zero-order valence-electron chi connectivity index (χ0n) is 5.73. The van der Waals surface area contributed by atoms with Crippen LogP contribution < -0.4 is 5.32 Å². The Morgan fingerprint density at radius 3 is 2.82 bits per heavy atom. The first-order valence-corrected chi connectivity index (χ1v) is 3.49. The lowest BCUT2D eigenvalue weighted by molar-refractivity contribution is -0.141. The standard InChI is InChI=1S/C6H9NO4/c8-3-2-1-7-6(10)5(11-2)4(3)9/h2-5,8-9H,1H2,(H,7,10)/t2-,3-,4+,5-/m1/s1. The number of ether oxygens (including phenoxy) is 1. The maximum absolute atomic E-state index is 10.9. The van der Waals surface area contributed by atoms with Gasteiger partial charge in [-0.1, -0.05) is 0 Å². The summed E-state index contributed by atoms with van der Waals surface area (Å²) in [6, 6.07) is 0. The Hall–Kier alpha value is -0.650. The van der Waals surface area contributed by atoms with E-state index >= 15 is 0 Å². The summed E-state index contributed by atoms with van der Waals surface area (Å²) < 4.78 is 5.02. The molecule has 2 aliphatic rings. The van der Waals surface area contributed by atoms with Crippen LogP contribution in [0, 0.1) is 0 Å². The molecule has 0 radical (unpaired) electrons. The number of carbonyl (C=O) groups excluding carboxylic acids is 1. The average Bonchev–Trinajstić information content (AvgIpc) is 2.24. The van der Waals surface area contributed by atoms with Crippen LogP contribution in [0.2, 0.25) is 0 Å². The molecule has 0 aromatic rings. The number of rotatable bonds is 0. The van der Waals surface area contributed by atoms with Crippen LogP contribution in [0.5, 0.6) is 0 Å². The van der Waals surface area contributed by atoms with Crippen molar-refractivity contribution in [1.82, 2.24) is 5.32 Å². The van der Waals surface area contributed by atoms with Crippen molar-refractivity contribution < 1.29 is 19.7 Å². The van der Waals surface area contributed by atoms with Crippen molar-refractivity contribution in [2.75, 3.05) is 6.54 Å². The van der Waals surface area contributed by atoms with E-state index in [1.165, 1.54) is 0 Å². The van der Waals surface area contributed by atoms with Gasteiger partial charge in [-0.3, -0.25) is 4.79 Å². The molecule has 62 valence electrons. The Labute approximate surface area is 63.0 Å². The molecule has 0 aromatic heterocycles. The fourth-order valence-corrected chi connectivity index (χ4v) is 1.44. The molecule has 0 unspecified atom stereocenters. The Kier molecular flexibility index (Phi) is 1.38. The third-order valence-corrected chi connectivity index (χ3v) is 2.10. The first-order valence-electron chi connectivity index (χ1n) is 3.49. The van der Waals surface area contributed by atoms with Crippen LogP contribution in [0.4, 0.5) is 0 Å². The number of morpholine rings is 1. The first kappa shape index (κ1) is 7.02. The number of aliphatic hydroxyl groups is 2. The van der Waals surface area contributed by atoms with Crippen LogP contribution >= 0.6 is 0 Å². The summed E-state index contributed by atoms with van der Waals surface area (Å²) in [5.74, 6) is -0.342. The van der Waals surface area contributed by atoms with E-state index < -0.39 is 24.4 Å². The smallest absolute Gasteiger partial charge is 0.252 e. The number of hydrogen-bond acceptors (Lipinski definition) is 4. The summed E-state index contributed by atoms with van der Waals surface area (Å²) in [6.07, 6.45) is -3.31. The van der Waals surface area contributed by atoms with Gasteiger partial charge in [0.15, 0.2) is 6.10 Å². The van der Waals surface area contributed by atoms with Crippen LogP contribution in [0.25, 0.3) is 0 Å². The van der Waals surface area contributed by atoms with E-state index in [1.54, 1.807) is 0 Å². The number of fused-ring (bicyclic) bond motifs is 2. The fourth-order valence-electron chi connectivity index (χ4n) is 1.44. The SMILES string of the molecule is O=C1NC[C@H]2O[C@@H]1[C@@H](O)[C@@H]2O. The highest BCUT2D eigenvalue weighted by Crippen LogP contribution is 2.23. The summed E-state index contributed by atoms with van der Waals surface area (Å²) in [7, 11) is 0. The largest absolute Gasteiger partial charge is 0.388 e. The zero-order chi connectivity index (χ0) is 8.01. The van der Waals surface area contributed by atoms with Gasteiger partial charge in [0.1, 0.15) is 18.3 Å². The topological polar surface area (TPSA) is 78.8 Å². The van der Waals surface area contributed by atoms with Crippen molar-refractivity contribution in [2.45, 2.75) is 24.4 Å². The average molecular weight is 159 g/mol. The third kappa shape index (κ3) is 0.852. The van der Waals surface area contributed by atoms with Gasteiger partial charge in [0, 0.05) is 6.54 Å². The normalized spacial score (nSPS) is 49.1. The van der Waals surface area contributed by atoms with Crippen molar-refractivity contribution >= 4 is 5.91 Å². The highest BCUT2D eigenvalue weighted by molar-refractivity contribution is 5.82. The van der Waals surface area contributed by atoms with Gasteiger partial charge in [0.05, 0.1) is 0 Å². The molecule has 3 N–H and O–H groups in total. The van der Waals surface area contributed by atoms with Gasteiger partial charge >= 0.3 is 0 Å². The Bertz CT molecular complexity index is 195. The maximum Gasteiger partial charge on any atom is 0.252 e. The molecule has 2 saturated heterocycles. The molecular weight excluding hydrogens is 150 g/mol. The van der Waals surface area contributed by atoms with E-state index in [2.05, 4.69) is 5.32 Å². The molecule has 5 nitrogen and oxygen atoms in total. The quantitative estimate of drug-likeness (QED) is 0.368. The summed E-state index contributed by atoms with van der Waals surface area (Å²) >= 11 is 0. The van der Waals surface area contributed by atoms with E-state index in [0.717, 1.165) is 0 Å². The van der Waals surface area contributed by atoms with Crippen LogP contribution in [0.3, 0.4) is 0 Å². The van der Waals surface area contributed by atoms with Gasteiger partial charge in [-0.15, -0.1) is 0 Å². The highest BCUT2D eigenvalue weighted by atomic mass is 16.6. The Morgan fingerprint density at radius 1 is 1.45 bits per heavy atom. The predicted molar refractivity (Wildman–Crippen MR) is 33.7 cm³/mol. The molecule has 2 bridgehead atoms. The molecule has 4 atom stereocenters. The van der Waals surface area contributed by atoms with Crippen molar-refractivity contribution in [3.05, 3.63) is 0 Å². The lowest BCUT2D eigenvalue weighted by atomic mass is 10.1. The van der Waals surface area contributed by atoms with E-state index in [1.807, 2.05) is 0 Å². The second-order valence-corrected chi connectivity index (χ2v) is 2.82. The summed E-state index contributed by atoms with van der Waals surface area (Å²) in [5.41, 5.74) is 0. The van der Waals surface area contributed by atoms with E-state index in [0.29, 0.717) is 0 Å². The molecule has 1 amide bonds. The highest BCUT2D eigenvalue weighted by Gasteiger charge is 2.49. The Balaban J connectivity index is 2.22. The molecule has 0 aromatic carbocycles. The number of amides is 1. The molecule has 2 rings (SSSR count). The van der Waals surface area contributed by atoms with Gasteiger partial charge in [-0.25, -0.2) is 0 Å². The van der Waals surface area contributed by atoms with Gasteiger partial charge in [0.2, 0.25) is 0 Å². The fraction of sp³-hybridized carbons (Fsp3) is 0.833. The van der Waals surface area contributed by atoms with E-state index in [9.17, 15) is 15.0 Å². The number of hydrogen-bond donors (Lipinski definition) is 3. The zero-order valence-corrected chi connectivity index (χ0v) is 5.73. The summed E-state index contributed by atoms with van der Waals surface area (Å²) in [5, 5.41) is 20.9. The van der Waals surface area contributed by atoms with Crippen LogP contribution in [-0.4, -0.2) is 47.1 Å². The van der Waals surface area contributed by atoms with Crippen LogP contribution in [0.15, 0.2) is 0 Å². The molecule has 0 spiro atoms. The van der Waals surface area contributed by atoms with Crippen molar-refractivity contribution in [2.24, 2.45) is 0 Å². The molecule has 2 heterocycles. The van der Waals surface area contributed by atoms with Crippen molar-refractivity contribution in [3.8, 4) is 0 Å². The monoisotopic (exact) mass is 159 g/mol. The third-order valence-electron chi connectivity index (χ3n) is 2.10. The van der Waals surface area contributed by atoms with Gasteiger partial charge < -0.3 is 20.3 Å². The van der Waals surface area contributed by atoms with Crippen molar-refractivity contribution in [3.63, 3.8) is 0 Å². The second kappa shape index (κ2) is 2.17. The molecule has 5 heteroatoms. The Morgan fingerprint density at radius 2 is 2.18 bits per heavy atom. The summed E-state index contributed by atoms with van der Waals surface area (Å²) in [4.78, 5) is 10.9. The van der Waals surface area contributed by atoms with Crippen molar-refractivity contribution in [1.29, 1.82) is 0 Å². The summed E-state index contributed by atoms with van der Waals surface area (Å²) in [6.45, 7) is 0.285. The van der Waals surface area contributed by atoms with E-state index in [-0.39, 0.29) is 12.5 Å². The molecule has 0 saturated carbocycles. The van der Waals surface area contributed by atoms with Gasteiger partial charge in [-0.2, -0.15) is 0 Å². The molecule has 2 fully saturated rings. The molecule has 2 aliphatic heterocycles. The number of nitrogens with one attached hydrogen (secondary N) is 1. The minimum absolute atomic E-state index is 0.285. The first-order chi connectivity index (χ1) is 5.20. The lowest BCUT2D eigenvalue weighted by Gasteiger charge is -2.20. The van der Waals surface area contributed by atoms with E-state index in [4.69, 9.17) is 4.74 Å². The van der Waals surface area contributed by atoms with Gasteiger partial charge in [-0.05, 0) is 0 Å². The van der Waals surface area contributed by atoms with Crippen LogP contribution in [-0.2, 0) is 9.53 Å². The number of aliphatic hydroxyl groups excluding tert-OH is 2. The predicted octanol–water partition coefficient (Wildman–Crippen LogP) is -2.39.